The molecule has 4 nitrogen and oxygen atoms in total. The van der Waals surface area contributed by atoms with Gasteiger partial charge in [-0.3, -0.25) is 0 Å². The van der Waals surface area contributed by atoms with Crippen molar-refractivity contribution in [2.24, 2.45) is 0 Å². The highest BCUT2D eigenvalue weighted by Gasteiger charge is 2.03. The monoisotopic (exact) mass is 155 g/mol. The fourth-order valence-electron chi connectivity index (χ4n) is 0.951. The second-order valence-corrected chi connectivity index (χ2v) is 2.53. The fraction of sp³-hybridized carbons (Fsp3) is 0.714. The highest BCUT2D eigenvalue weighted by atomic mass is 16.3. The lowest BCUT2D eigenvalue weighted by Gasteiger charge is -2.06. The second-order valence-electron chi connectivity index (χ2n) is 2.53. The summed E-state index contributed by atoms with van der Waals surface area (Å²) in [6.07, 6.45) is 4.70. The van der Waals surface area contributed by atoms with Gasteiger partial charge in [0.05, 0.1) is 25.0 Å². The van der Waals surface area contributed by atoms with Crippen LogP contribution < -0.4 is 0 Å². The minimum Gasteiger partial charge on any atom is -0.391 e. The lowest BCUT2D eigenvalue weighted by Crippen LogP contribution is -2.17. The van der Waals surface area contributed by atoms with Crippen molar-refractivity contribution in [1.29, 1.82) is 0 Å². The van der Waals surface area contributed by atoms with Crippen LogP contribution in [0.25, 0.3) is 0 Å². The third-order valence-electron chi connectivity index (χ3n) is 1.46. The molecule has 4 heteroatoms. The largest absolute Gasteiger partial charge is 0.391 e. The predicted octanol–water partition coefficient (Wildman–Crippen LogP) is 0.439. The average molecular weight is 155 g/mol. The molecule has 0 spiro atoms. The Balaban J connectivity index is 2.31. The van der Waals surface area contributed by atoms with Gasteiger partial charge >= 0.3 is 0 Å². The van der Waals surface area contributed by atoms with E-state index in [-0.39, 0.29) is 6.10 Å². The molecule has 0 radical (unpaired) electrons. The normalized spacial score (nSPS) is 13.3. The van der Waals surface area contributed by atoms with Crippen LogP contribution in [0.15, 0.2) is 12.4 Å². The van der Waals surface area contributed by atoms with E-state index >= 15 is 0 Å². The van der Waals surface area contributed by atoms with Gasteiger partial charge < -0.3 is 5.11 Å². The first-order valence-corrected chi connectivity index (χ1v) is 3.85. The molecule has 1 heterocycles. The van der Waals surface area contributed by atoms with Crippen molar-refractivity contribution < 1.29 is 5.11 Å². The van der Waals surface area contributed by atoms with Crippen molar-refractivity contribution in [3.05, 3.63) is 12.4 Å². The minimum atomic E-state index is -0.313. The maximum Gasteiger partial charge on any atom is 0.0866 e. The van der Waals surface area contributed by atoms with Gasteiger partial charge in [0.25, 0.3) is 0 Å². The van der Waals surface area contributed by atoms with Crippen LogP contribution in [0.3, 0.4) is 0 Å². The van der Waals surface area contributed by atoms with Crippen molar-refractivity contribution in [2.75, 3.05) is 0 Å². The van der Waals surface area contributed by atoms with Crippen LogP contribution in [0, 0.1) is 0 Å². The molecule has 0 unspecified atom stereocenters. The van der Waals surface area contributed by atoms with Gasteiger partial charge in [-0.05, 0) is 6.42 Å². The first kappa shape index (κ1) is 8.20. The molecular formula is C7H13N3O. The molecule has 0 aliphatic rings. The molecule has 11 heavy (non-hydrogen) atoms. The molecule has 0 bridgehead atoms. The summed E-state index contributed by atoms with van der Waals surface area (Å²) in [5.41, 5.74) is 0. The maximum atomic E-state index is 9.32. The Kier molecular flexibility index (Phi) is 3.04. The molecule has 62 valence electrons. The zero-order valence-corrected chi connectivity index (χ0v) is 6.64. The summed E-state index contributed by atoms with van der Waals surface area (Å²) in [6.45, 7) is 2.54. The van der Waals surface area contributed by atoms with Gasteiger partial charge in [0.2, 0.25) is 0 Å². The highest BCUT2D eigenvalue weighted by Crippen LogP contribution is 1.97. The molecule has 1 atom stereocenters. The van der Waals surface area contributed by atoms with Crippen LogP contribution in [0.4, 0.5) is 0 Å². The summed E-state index contributed by atoms with van der Waals surface area (Å²) in [4.78, 5) is 1.50. The quantitative estimate of drug-likeness (QED) is 0.686. The van der Waals surface area contributed by atoms with Crippen LogP contribution in [-0.2, 0) is 6.54 Å². The summed E-state index contributed by atoms with van der Waals surface area (Å²) >= 11 is 0. The first-order chi connectivity index (χ1) is 5.33. The van der Waals surface area contributed by atoms with Crippen LogP contribution in [-0.4, -0.2) is 26.2 Å². The Morgan fingerprint density at radius 2 is 2.09 bits per heavy atom. The van der Waals surface area contributed by atoms with Crippen molar-refractivity contribution >= 4 is 0 Å². The molecule has 1 aromatic rings. The average Bonchev–Trinajstić information content (AvgIpc) is 2.40. The number of aliphatic hydroxyl groups excluding tert-OH is 1. The van der Waals surface area contributed by atoms with E-state index in [1.807, 2.05) is 6.92 Å². The van der Waals surface area contributed by atoms with E-state index in [1.165, 1.54) is 4.80 Å². The Morgan fingerprint density at radius 3 is 2.64 bits per heavy atom. The van der Waals surface area contributed by atoms with E-state index in [1.54, 1.807) is 12.4 Å². The van der Waals surface area contributed by atoms with Crippen LogP contribution in [0.2, 0.25) is 0 Å². The maximum absolute atomic E-state index is 9.32. The topological polar surface area (TPSA) is 50.9 Å². The van der Waals surface area contributed by atoms with Crippen LogP contribution in [0.1, 0.15) is 19.8 Å². The van der Waals surface area contributed by atoms with Crippen molar-refractivity contribution in [3.63, 3.8) is 0 Å². The Morgan fingerprint density at radius 1 is 1.45 bits per heavy atom. The molecule has 1 N–H and O–H groups in total. The smallest absolute Gasteiger partial charge is 0.0866 e. The van der Waals surface area contributed by atoms with Crippen LogP contribution in [0.5, 0.6) is 0 Å². The Hall–Kier alpha value is -0.900. The fourth-order valence-corrected chi connectivity index (χ4v) is 0.951. The van der Waals surface area contributed by atoms with E-state index in [9.17, 15) is 5.11 Å². The van der Waals surface area contributed by atoms with E-state index in [0.717, 1.165) is 12.8 Å². The molecule has 0 aromatic carbocycles. The molecule has 1 aromatic heterocycles. The zero-order valence-electron chi connectivity index (χ0n) is 6.64. The van der Waals surface area contributed by atoms with Gasteiger partial charge in [-0.25, -0.2) is 0 Å². The second kappa shape index (κ2) is 4.08. The zero-order chi connectivity index (χ0) is 8.10. The third-order valence-corrected chi connectivity index (χ3v) is 1.46. The van der Waals surface area contributed by atoms with Gasteiger partial charge in [0, 0.05) is 0 Å². The SMILES string of the molecule is CCC[C@@H](O)Cn1nccn1. The molecular weight excluding hydrogens is 142 g/mol. The van der Waals surface area contributed by atoms with Gasteiger partial charge in [-0.2, -0.15) is 15.0 Å². The molecule has 0 fully saturated rings. The van der Waals surface area contributed by atoms with E-state index in [2.05, 4.69) is 10.2 Å². The standard InChI is InChI=1S/C7H13N3O/c1-2-3-7(11)6-10-8-4-5-9-10/h4-5,7,11H,2-3,6H2,1H3/t7-/m1/s1. The van der Waals surface area contributed by atoms with E-state index < -0.39 is 0 Å². The third kappa shape index (κ3) is 2.67. The molecule has 0 saturated heterocycles. The van der Waals surface area contributed by atoms with Crippen molar-refractivity contribution in [1.82, 2.24) is 15.0 Å². The summed E-state index contributed by atoms with van der Waals surface area (Å²) in [5.74, 6) is 0. The number of nitrogens with zero attached hydrogens (tertiary/aromatic N) is 3. The molecule has 0 aliphatic heterocycles. The summed E-state index contributed by atoms with van der Waals surface area (Å²) in [7, 11) is 0. The molecule has 0 aliphatic carbocycles. The van der Waals surface area contributed by atoms with Crippen LogP contribution >= 0.6 is 0 Å². The number of rotatable bonds is 4. The summed E-state index contributed by atoms with van der Waals surface area (Å²) in [6, 6.07) is 0. The number of hydrogen-bond acceptors (Lipinski definition) is 3. The van der Waals surface area contributed by atoms with E-state index in [4.69, 9.17) is 0 Å². The van der Waals surface area contributed by atoms with Crippen molar-refractivity contribution in [3.8, 4) is 0 Å². The Bertz CT molecular complexity index is 186. The molecule has 0 amide bonds. The van der Waals surface area contributed by atoms with Gasteiger partial charge in [-0.1, -0.05) is 13.3 Å². The molecule has 0 saturated carbocycles. The van der Waals surface area contributed by atoms with E-state index in [0.29, 0.717) is 6.54 Å². The number of aromatic nitrogens is 3. The van der Waals surface area contributed by atoms with Gasteiger partial charge in [-0.15, -0.1) is 0 Å². The predicted molar refractivity (Wildman–Crippen MR) is 40.9 cm³/mol. The Labute approximate surface area is 65.8 Å². The summed E-state index contributed by atoms with van der Waals surface area (Å²) in [5, 5.41) is 17.1. The number of aliphatic hydroxyl groups is 1. The van der Waals surface area contributed by atoms with Gasteiger partial charge in [0.1, 0.15) is 0 Å². The lowest BCUT2D eigenvalue weighted by molar-refractivity contribution is 0.133. The minimum absolute atomic E-state index is 0.313. The summed E-state index contributed by atoms with van der Waals surface area (Å²) < 4.78 is 0. The highest BCUT2D eigenvalue weighted by molar-refractivity contribution is 4.62. The van der Waals surface area contributed by atoms with Gasteiger partial charge in [0.15, 0.2) is 0 Å². The number of hydrogen-bond donors (Lipinski definition) is 1. The lowest BCUT2D eigenvalue weighted by atomic mass is 10.2. The van der Waals surface area contributed by atoms with Crippen molar-refractivity contribution in [2.45, 2.75) is 32.4 Å². The first-order valence-electron chi connectivity index (χ1n) is 3.85. The molecule has 1 rings (SSSR count).